The minimum Gasteiger partial charge on any atom is -0.392 e. The molecule has 0 aromatic heterocycles. The van der Waals surface area contributed by atoms with E-state index in [1.807, 2.05) is 0 Å². The molecule has 0 spiro atoms. The fourth-order valence-corrected chi connectivity index (χ4v) is 2.31. The van der Waals surface area contributed by atoms with Gasteiger partial charge in [-0.1, -0.05) is 12.2 Å². The van der Waals surface area contributed by atoms with Gasteiger partial charge in [0, 0.05) is 18.8 Å². The summed E-state index contributed by atoms with van der Waals surface area (Å²) in [6.07, 6.45) is 3.29. The van der Waals surface area contributed by atoms with Crippen molar-refractivity contribution in [2.24, 2.45) is 11.1 Å². The molecule has 5 heteroatoms. The molecule has 0 unspecified atom stereocenters. The molecule has 0 radical (unpaired) electrons. The second kappa shape index (κ2) is 3.96. The summed E-state index contributed by atoms with van der Waals surface area (Å²) >= 11 is 5.07. The molecule has 0 bridgehead atoms. The van der Waals surface area contributed by atoms with Crippen LogP contribution in [0, 0.1) is 5.41 Å². The highest BCUT2D eigenvalue weighted by Crippen LogP contribution is 2.38. The van der Waals surface area contributed by atoms with Crippen LogP contribution < -0.4 is 11.1 Å². The van der Waals surface area contributed by atoms with E-state index in [9.17, 15) is 4.79 Å². The Morgan fingerprint density at radius 2 is 1.88 bits per heavy atom. The molecule has 0 atom stereocenters. The van der Waals surface area contributed by atoms with Crippen molar-refractivity contribution < 1.29 is 9.53 Å². The van der Waals surface area contributed by atoms with Crippen LogP contribution in [0.4, 0.5) is 0 Å². The van der Waals surface area contributed by atoms with Crippen LogP contribution in [-0.2, 0) is 9.53 Å². The molecule has 2 rings (SSSR count). The maximum absolute atomic E-state index is 12.3. The van der Waals surface area contributed by atoms with Gasteiger partial charge in [-0.15, -0.1) is 0 Å². The largest absolute Gasteiger partial charge is 0.392 e. The summed E-state index contributed by atoms with van der Waals surface area (Å²) in [6, 6.07) is 0. The van der Waals surface area contributed by atoms with Crippen LogP contribution in [-0.4, -0.2) is 29.6 Å². The van der Waals surface area contributed by atoms with Gasteiger partial charge in [0.15, 0.2) is 0 Å². The monoisotopic (exact) mass is 242 g/mol. The first-order valence-corrected chi connectivity index (χ1v) is 6.10. The van der Waals surface area contributed by atoms with E-state index in [0.29, 0.717) is 31.0 Å². The van der Waals surface area contributed by atoms with Crippen molar-refractivity contribution in [2.75, 3.05) is 13.2 Å². The SMILES string of the molecule is CC1(NC(=O)C2(C(N)=S)CCOCC2)CC1. The Morgan fingerprint density at radius 3 is 2.31 bits per heavy atom. The van der Waals surface area contributed by atoms with Gasteiger partial charge in [0.25, 0.3) is 0 Å². The first kappa shape index (κ1) is 11.8. The highest BCUT2D eigenvalue weighted by Gasteiger charge is 2.47. The number of thiocarbonyl (C=S) groups is 1. The molecule has 1 aliphatic carbocycles. The van der Waals surface area contributed by atoms with Crippen LogP contribution in [0.2, 0.25) is 0 Å². The number of carbonyl (C=O) groups excluding carboxylic acids is 1. The summed E-state index contributed by atoms with van der Waals surface area (Å²) in [4.78, 5) is 12.6. The third-order valence-corrected chi connectivity index (χ3v) is 4.06. The van der Waals surface area contributed by atoms with Gasteiger partial charge in [-0.05, 0) is 32.6 Å². The maximum atomic E-state index is 12.3. The lowest BCUT2D eigenvalue weighted by atomic mass is 9.79. The van der Waals surface area contributed by atoms with Crippen LogP contribution in [0.15, 0.2) is 0 Å². The molecule has 1 saturated carbocycles. The summed E-state index contributed by atoms with van der Waals surface area (Å²) in [5.74, 6) is -0.0108. The first-order valence-electron chi connectivity index (χ1n) is 5.69. The average Bonchev–Trinajstić information content (AvgIpc) is 2.96. The highest BCUT2D eigenvalue weighted by atomic mass is 32.1. The zero-order chi connectivity index (χ0) is 11.8. The molecule has 1 heterocycles. The van der Waals surface area contributed by atoms with E-state index in [0.717, 1.165) is 12.8 Å². The van der Waals surface area contributed by atoms with Crippen LogP contribution in [0.25, 0.3) is 0 Å². The Labute approximate surface area is 101 Å². The number of carbonyl (C=O) groups is 1. The van der Waals surface area contributed by atoms with E-state index in [1.54, 1.807) is 0 Å². The predicted molar refractivity (Wildman–Crippen MR) is 65.1 cm³/mol. The van der Waals surface area contributed by atoms with Gasteiger partial charge in [0.2, 0.25) is 5.91 Å². The lowest BCUT2D eigenvalue weighted by molar-refractivity contribution is -0.132. The second-order valence-electron chi connectivity index (χ2n) is 5.07. The topological polar surface area (TPSA) is 64.4 Å². The Morgan fingerprint density at radius 1 is 1.31 bits per heavy atom. The normalized spacial score (nSPS) is 25.8. The van der Waals surface area contributed by atoms with Gasteiger partial charge in [0.05, 0.1) is 4.99 Å². The molecule has 90 valence electrons. The molecule has 1 saturated heterocycles. The van der Waals surface area contributed by atoms with Gasteiger partial charge >= 0.3 is 0 Å². The van der Waals surface area contributed by atoms with Crippen molar-refractivity contribution in [1.29, 1.82) is 0 Å². The molecule has 0 aromatic carbocycles. The Bertz CT molecular complexity index is 320. The molecule has 3 N–H and O–H groups in total. The number of rotatable bonds is 3. The quantitative estimate of drug-likeness (QED) is 0.716. The number of ether oxygens (including phenoxy) is 1. The summed E-state index contributed by atoms with van der Waals surface area (Å²) in [5.41, 5.74) is 5.06. The van der Waals surface area contributed by atoms with Gasteiger partial charge in [-0.2, -0.15) is 0 Å². The summed E-state index contributed by atoms with van der Waals surface area (Å²) in [6.45, 7) is 3.17. The average molecular weight is 242 g/mol. The Hall–Kier alpha value is -0.680. The lowest BCUT2D eigenvalue weighted by Crippen LogP contribution is -2.54. The van der Waals surface area contributed by atoms with Crippen molar-refractivity contribution in [1.82, 2.24) is 5.32 Å². The van der Waals surface area contributed by atoms with Gasteiger partial charge in [-0.3, -0.25) is 4.79 Å². The predicted octanol–water partition coefficient (Wildman–Crippen LogP) is 0.738. The third-order valence-electron chi connectivity index (χ3n) is 3.67. The number of nitrogens with two attached hydrogens (primary N) is 1. The van der Waals surface area contributed by atoms with E-state index in [2.05, 4.69) is 12.2 Å². The van der Waals surface area contributed by atoms with Crippen LogP contribution >= 0.6 is 12.2 Å². The van der Waals surface area contributed by atoms with Crippen LogP contribution in [0.1, 0.15) is 32.6 Å². The van der Waals surface area contributed by atoms with E-state index in [1.165, 1.54) is 0 Å². The second-order valence-corrected chi connectivity index (χ2v) is 5.51. The molecule has 16 heavy (non-hydrogen) atoms. The standard InChI is InChI=1S/C11H18N2O2S/c1-10(2-3-10)13-9(14)11(8(12)16)4-6-15-7-5-11/h2-7H2,1H3,(H2,12,16)(H,13,14). The molecule has 2 aliphatic rings. The molecule has 2 fully saturated rings. The highest BCUT2D eigenvalue weighted by molar-refractivity contribution is 7.80. The number of hydrogen-bond acceptors (Lipinski definition) is 3. The van der Waals surface area contributed by atoms with Crippen molar-refractivity contribution in [3.05, 3.63) is 0 Å². The molecule has 1 aliphatic heterocycles. The van der Waals surface area contributed by atoms with Crippen molar-refractivity contribution in [3.63, 3.8) is 0 Å². The fraction of sp³-hybridized carbons (Fsp3) is 0.818. The molecule has 4 nitrogen and oxygen atoms in total. The third kappa shape index (κ3) is 2.06. The van der Waals surface area contributed by atoms with Gasteiger partial charge in [0.1, 0.15) is 5.41 Å². The zero-order valence-electron chi connectivity index (χ0n) is 9.54. The van der Waals surface area contributed by atoms with Gasteiger partial charge < -0.3 is 15.8 Å². The van der Waals surface area contributed by atoms with Crippen LogP contribution in [0.5, 0.6) is 0 Å². The number of amides is 1. The van der Waals surface area contributed by atoms with Gasteiger partial charge in [-0.25, -0.2) is 0 Å². The minimum atomic E-state index is -0.681. The lowest BCUT2D eigenvalue weighted by Gasteiger charge is -2.35. The smallest absolute Gasteiger partial charge is 0.233 e. The van der Waals surface area contributed by atoms with Crippen LogP contribution in [0.3, 0.4) is 0 Å². The van der Waals surface area contributed by atoms with Crippen molar-refractivity contribution in [2.45, 2.75) is 38.1 Å². The molecule has 1 amide bonds. The van der Waals surface area contributed by atoms with E-state index < -0.39 is 5.41 Å². The zero-order valence-corrected chi connectivity index (χ0v) is 10.4. The first-order chi connectivity index (χ1) is 7.49. The summed E-state index contributed by atoms with van der Waals surface area (Å²) in [7, 11) is 0. The van der Waals surface area contributed by atoms with Crippen molar-refractivity contribution >= 4 is 23.1 Å². The van der Waals surface area contributed by atoms with E-state index in [-0.39, 0.29) is 11.4 Å². The summed E-state index contributed by atoms with van der Waals surface area (Å²) in [5, 5.41) is 3.06. The molecule has 0 aromatic rings. The maximum Gasteiger partial charge on any atom is 0.233 e. The number of nitrogens with one attached hydrogen (secondary N) is 1. The van der Waals surface area contributed by atoms with E-state index >= 15 is 0 Å². The summed E-state index contributed by atoms with van der Waals surface area (Å²) < 4.78 is 5.28. The molecular weight excluding hydrogens is 224 g/mol. The Balaban J connectivity index is 2.11. The van der Waals surface area contributed by atoms with Crippen molar-refractivity contribution in [3.8, 4) is 0 Å². The minimum absolute atomic E-state index is 0.0108. The Kier molecular flexibility index (Phi) is 2.92. The molecular formula is C11H18N2O2S. The fourth-order valence-electron chi connectivity index (χ4n) is 2.01. The van der Waals surface area contributed by atoms with E-state index in [4.69, 9.17) is 22.7 Å². The number of hydrogen-bond donors (Lipinski definition) is 2.